The highest BCUT2D eigenvalue weighted by molar-refractivity contribution is 6.21. The van der Waals surface area contributed by atoms with Gasteiger partial charge in [0.05, 0.1) is 20.6 Å². The van der Waals surface area contributed by atoms with E-state index in [-0.39, 0.29) is 27.8 Å². The van der Waals surface area contributed by atoms with Gasteiger partial charge in [-0.1, -0.05) is 103 Å². The first-order chi connectivity index (χ1) is 26.3. The van der Waals surface area contributed by atoms with Gasteiger partial charge in [0.25, 0.3) is 0 Å². The lowest BCUT2D eigenvalue weighted by Crippen LogP contribution is -2.05. The normalized spacial score (nSPS) is 15.7. The molecule has 8 aromatic rings. The van der Waals surface area contributed by atoms with Gasteiger partial charge in [-0.3, -0.25) is 5.41 Å². The predicted molar refractivity (Wildman–Crippen MR) is 180 cm³/mol. The minimum atomic E-state index is -0.710. The molecule has 5 heteroatoms. The van der Waals surface area contributed by atoms with Crippen molar-refractivity contribution in [2.75, 3.05) is 0 Å². The van der Waals surface area contributed by atoms with E-state index >= 15 is 0 Å². The molecule has 0 unspecified atom stereocenters. The van der Waals surface area contributed by atoms with E-state index < -0.39 is 89.0 Å². The van der Waals surface area contributed by atoms with Crippen LogP contribution in [0.3, 0.4) is 0 Å². The maximum Gasteiger partial charge on any atom is 0.165 e. The fraction of sp³-hybridized carbons (Fsp3) is 0. The first kappa shape index (κ1) is 16.5. The van der Waals surface area contributed by atoms with Gasteiger partial charge in [0.1, 0.15) is 22.3 Å². The maximum absolute atomic E-state index is 9.38. The molecule has 1 N–H and O–H groups in total. The van der Waals surface area contributed by atoms with Crippen LogP contribution in [0, 0.1) is 5.41 Å². The van der Waals surface area contributed by atoms with Gasteiger partial charge in [-0.15, -0.1) is 0 Å². The van der Waals surface area contributed by atoms with Crippen LogP contribution in [0.1, 0.15) is 31.8 Å². The molecular formula is C39H25N3O2. The predicted octanol–water partition coefficient (Wildman–Crippen LogP) is 10.0. The van der Waals surface area contributed by atoms with Crippen molar-refractivity contribution < 1.29 is 23.9 Å². The molecule has 2 heterocycles. The zero-order chi connectivity index (χ0) is 39.0. The number of hydrogen-bond acceptors (Lipinski definition) is 3. The van der Waals surface area contributed by atoms with Gasteiger partial charge in [0.15, 0.2) is 11.7 Å². The zero-order valence-corrected chi connectivity index (χ0v) is 22.7. The number of furan rings is 2. The number of nitrogens with one attached hydrogen (secondary N) is 1. The Morgan fingerprint density at radius 1 is 0.682 bits per heavy atom. The van der Waals surface area contributed by atoms with Crippen molar-refractivity contribution in [1.82, 2.24) is 0 Å². The summed E-state index contributed by atoms with van der Waals surface area (Å²) < 4.78 is 107. The monoisotopic (exact) mass is 578 g/mol. The molecule has 2 aromatic heterocycles. The SMILES string of the molecule is [2H]c1c([2H])c([2H])c(-c2c([2H])c([2H])c([2H])c3oc4c([2H])c([2H])c(C(=N)N=C(N=Cc5ccccc5)c5cccc6c5oc5ccccc56)c([2H])c4c23)c([2H])c1[2H]. The summed E-state index contributed by atoms with van der Waals surface area (Å²) in [7, 11) is 0. The van der Waals surface area contributed by atoms with E-state index in [1.165, 1.54) is 6.21 Å². The molecule has 0 saturated carbocycles. The molecular weight excluding hydrogens is 542 g/mol. The molecule has 0 spiro atoms. The van der Waals surface area contributed by atoms with Gasteiger partial charge in [0.2, 0.25) is 0 Å². The number of aliphatic imine (C=N–C) groups is 2. The van der Waals surface area contributed by atoms with Crippen molar-refractivity contribution in [3.05, 3.63) is 156 Å². The van der Waals surface area contributed by atoms with Crippen LogP contribution in [0.4, 0.5) is 0 Å². The molecule has 0 atom stereocenters. The number of para-hydroxylation sites is 2. The Morgan fingerprint density at radius 3 is 2.39 bits per heavy atom. The van der Waals surface area contributed by atoms with E-state index in [1.807, 2.05) is 60.7 Å². The number of nitrogens with zero attached hydrogens (tertiary/aromatic N) is 2. The summed E-state index contributed by atoms with van der Waals surface area (Å²) in [6.07, 6.45) is 1.54. The summed E-state index contributed by atoms with van der Waals surface area (Å²) in [4.78, 5) is 9.17. The van der Waals surface area contributed by atoms with Gasteiger partial charge in [-0.2, -0.15) is 0 Å². The average Bonchev–Trinajstić information content (AvgIpc) is 3.78. The van der Waals surface area contributed by atoms with Crippen molar-refractivity contribution in [2.45, 2.75) is 0 Å². The lowest BCUT2D eigenvalue weighted by Gasteiger charge is -2.06. The second-order valence-corrected chi connectivity index (χ2v) is 9.74. The van der Waals surface area contributed by atoms with Crippen LogP contribution < -0.4 is 0 Å². The Morgan fingerprint density at radius 2 is 1.50 bits per heavy atom. The average molecular weight is 579 g/mol. The fourth-order valence-electron chi connectivity index (χ4n) is 5.05. The maximum atomic E-state index is 9.38. The second kappa shape index (κ2) is 10.6. The second-order valence-electron chi connectivity index (χ2n) is 9.74. The molecule has 0 saturated heterocycles. The van der Waals surface area contributed by atoms with E-state index in [0.29, 0.717) is 22.3 Å². The van der Waals surface area contributed by atoms with Crippen molar-refractivity contribution >= 4 is 61.8 Å². The number of hydrogen-bond donors (Lipinski definition) is 1. The summed E-state index contributed by atoms with van der Waals surface area (Å²) in [5, 5.41) is 10.3. The van der Waals surface area contributed by atoms with E-state index in [1.54, 1.807) is 12.1 Å². The van der Waals surface area contributed by atoms with Crippen molar-refractivity contribution in [2.24, 2.45) is 9.98 Å². The largest absolute Gasteiger partial charge is 0.456 e. The lowest BCUT2D eigenvalue weighted by molar-refractivity contribution is 0.668. The molecule has 208 valence electrons. The third-order valence-corrected chi connectivity index (χ3v) is 7.06. The molecule has 5 nitrogen and oxygen atoms in total. The molecule has 44 heavy (non-hydrogen) atoms. The van der Waals surface area contributed by atoms with Crippen molar-refractivity contribution in [1.29, 1.82) is 5.41 Å². The van der Waals surface area contributed by atoms with Crippen molar-refractivity contribution in [3.8, 4) is 11.1 Å². The van der Waals surface area contributed by atoms with E-state index in [9.17, 15) is 6.78 Å². The Hall–Kier alpha value is -6.07. The molecule has 0 fully saturated rings. The molecule has 0 aliphatic rings. The highest BCUT2D eigenvalue weighted by Crippen LogP contribution is 2.37. The zero-order valence-electron chi connectivity index (χ0n) is 33.7. The Labute approximate surface area is 268 Å². The summed E-state index contributed by atoms with van der Waals surface area (Å²) in [6, 6.07) is 14.7. The van der Waals surface area contributed by atoms with E-state index in [4.69, 9.17) is 22.5 Å². The molecule has 0 amide bonds. The molecule has 0 bridgehead atoms. The van der Waals surface area contributed by atoms with E-state index in [0.717, 1.165) is 10.8 Å². The highest BCUT2D eigenvalue weighted by atomic mass is 16.3. The number of rotatable bonds is 4. The molecule has 8 rings (SSSR count). The molecule has 0 aliphatic carbocycles. The first-order valence-electron chi connectivity index (χ1n) is 19.0. The highest BCUT2D eigenvalue weighted by Gasteiger charge is 2.17. The Balaban J connectivity index is 1.42. The van der Waals surface area contributed by atoms with Gasteiger partial charge in [-0.25, -0.2) is 9.98 Å². The Kier molecular flexibility index (Phi) is 4.00. The smallest absolute Gasteiger partial charge is 0.165 e. The van der Waals surface area contributed by atoms with Crippen LogP contribution >= 0.6 is 0 Å². The number of benzene rings is 6. The van der Waals surface area contributed by atoms with Gasteiger partial charge in [0, 0.05) is 33.3 Å². The van der Waals surface area contributed by atoms with Crippen LogP contribution in [0.25, 0.3) is 55.0 Å². The van der Waals surface area contributed by atoms with Crippen LogP contribution in [-0.4, -0.2) is 17.9 Å². The van der Waals surface area contributed by atoms with Crippen LogP contribution in [0.5, 0.6) is 0 Å². The first-order valence-corrected chi connectivity index (χ1v) is 13.5. The molecule has 0 radical (unpaired) electrons. The van der Waals surface area contributed by atoms with Crippen LogP contribution in [-0.2, 0) is 0 Å². The van der Waals surface area contributed by atoms with Crippen molar-refractivity contribution in [3.63, 3.8) is 0 Å². The van der Waals surface area contributed by atoms with Gasteiger partial charge < -0.3 is 8.83 Å². The van der Waals surface area contributed by atoms with Crippen LogP contribution in [0.15, 0.2) is 158 Å². The quantitative estimate of drug-likeness (QED) is 0.167. The topological polar surface area (TPSA) is 74.8 Å². The fourth-order valence-corrected chi connectivity index (χ4v) is 5.05. The van der Waals surface area contributed by atoms with Gasteiger partial charge in [-0.05, 0) is 53.0 Å². The molecule has 0 aliphatic heterocycles. The van der Waals surface area contributed by atoms with Gasteiger partial charge >= 0.3 is 0 Å². The lowest BCUT2D eigenvalue weighted by atomic mass is 9.99. The van der Waals surface area contributed by atoms with Crippen LogP contribution in [0.2, 0.25) is 0 Å². The summed E-state index contributed by atoms with van der Waals surface area (Å²) >= 11 is 0. The molecule has 6 aromatic carbocycles. The minimum absolute atomic E-state index is 0.0125. The summed E-state index contributed by atoms with van der Waals surface area (Å²) in [5.74, 6) is -0.659. The van der Waals surface area contributed by atoms with E-state index in [2.05, 4.69) is 9.98 Å². The number of amidine groups is 2. The standard InChI is InChI=1S/C39H25N3O2/c40-38(27-21-22-34-32(23-27)36-28(16-10-20-35(36)43-34)26-13-5-2-6-14-26)42-39(41-24-25-11-3-1-4-12-25)31-18-9-17-30-29-15-7-8-19-33(29)44-37(30)31/h1-24,40H/i2D,5D,6D,10D,13D,14D,16D,20D,21D,22D,23D. The Bertz CT molecular complexity index is 3000. The summed E-state index contributed by atoms with van der Waals surface area (Å²) in [6.45, 7) is 0. The third kappa shape index (κ3) is 4.48. The summed E-state index contributed by atoms with van der Waals surface area (Å²) in [5.41, 5.74) is 0.0776. The minimum Gasteiger partial charge on any atom is -0.456 e. The number of fused-ring (bicyclic) bond motifs is 6. The third-order valence-electron chi connectivity index (χ3n) is 7.06.